The number of methoxy groups -OCH3 is 1. The van der Waals surface area contributed by atoms with Crippen molar-refractivity contribution in [2.45, 2.75) is 59.0 Å². The fourth-order valence-corrected chi connectivity index (χ4v) is 5.71. The number of amides is 1. The first kappa shape index (κ1) is 30.1. The first-order valence-corrected chi connectivity index (χ1v) is 13.1. The average Bonchev–Trinajstić information content (AvgIpc) is 3.33. The van der Waals surface area contributed by atoms with E-state index >= 15 is 0 Å². The minimum atomic E-state index is -0.149. The highest BCUT2D eigenvalue weighted by Crippen LogP contribution is 2.30. The summed E-state index contributed by atoms with van der Waals surface area (Å²) >= 11 is 0. The number of fused-ring (bicyclic) bond motifs is 3. The third kappa shape index (κ3) is 5.91. The summed E-state index contributed by atoms with van der Waals surface area (Å²) in [5.74, 6) is 0.0532. The molecule has 2 fully saturated rings. The Balaban J connectivity index is 0.00000200. The average molecular weight is 548 g/mol. The quantitative estimate of drug-likeness (QED) is 0.446. The van der Waals surface area contributed by atoms with Crippen LogP contribution in [0.4, 0.5) is 0 Å². The molecule has 0 saturated carbocycles. The van der Waals surface area contributed by atoms with Gasteiger partial charge >= 0.3 is 0 Å². The first-order valence-electron chi connectivity index (χ1n) is 13.1. The SMILES string of the molecule is C.COCCCCN1CCN(C(=O)c2cc3c(cc2C)[nH]c(=O)c2cnn(C4CCOCC4)c23)[C@@H](C)C1.Cl. The molecule has 1 atom stereocenters. The number of aryl methyl sites for hydroxylation is 1. The highest BCUT2D eigenvalue weighted by atomic mass is 35.5. The lowest BCUT2D eigenvalue weighted by Gasteiger charge is -2.40. The predicted molar refractivity (Wildman–Crippen MR) is 154 cm³/mol. The molecule has 0 aliphatic carbocycles. The van der Waals surface area contributed by atoms with E-state index in [0.29, 0.717) is 30.7 Å². The lowest BCUT2D eigenvalue weighted by atomic mass is 10.0. The van der Waals surface area contributed by atoms with Crippen molar-refractivity contribution in [2.75, 3.05) is 53.1 Å². The second-order valence-corrected chi connectivity index (χ2v) is 10.2. The van der Waals surface area contributed by atoms with Crippen LogP contribution in [0, 0.1) is 6.92 Å². The lowest BCUT2D eigenvalue weighted by Crippen LogP contribution is -2.54. The van der Waals surface area contributed by atoms with E-state index in [1.807, 2.05) is 28.6 Å². The summed E-state index contributed by atoms with van der Waals surface area (Å²) in [6.45, 7) is 9.74. The minimum Gasteiger partial charge on any atom is -0.385 e. The van der Waals surface area contributed by atoms with E-state index < -0.39 is 0 Å². The van der Waals surface area contributed by atoms with Gasteiger partial charge in [-0.3, -0.25) is 19.2 Å². The van der Waals surface area contributed by atoms with E-state index in [2.05, 4.69) is 21.9 Å². The number of carbonyl (C=O) groups excluding carboxylic acids is 1. The number of aromatic nitrogens is 3. The standard InChI is InChI=1S/C27H37N5O4.CH4.ClH/c1-18-14-24-22(25-23(26(33)29-24)16-28-32(25)20-6-12-36-13-7-20)15-21(18)27(34)31-10-9-30(17-19(31)2)8-4-5-11-35-3;;/h14-16,19-20H,4-13,17H2,1-3H3,(H,29,33);1H4;1H/t19-;;/m0../s1. The molecule has 4 heterocycles. The van der Waals surface area contributed by atoms with Gasteiger partial charge in [-0.15, -0.1) is 12.4 Å². The summed E-state index contributed by atoms with van der Waals surface area (Å²) in [7, 11) is 1.74. The van der Waals surface area contributed by atoms with E-state index in [1.54, 1.807) is 13.3 Å². The fraction of sp³-hybridized carbons (Fsp3) is 0.607. The predicted octanol–water partition coefficient (Wildman–Crippen LogP) is 4.17. The van der Waals surface area contributed by atoms with Crippen molar-refractivity contribution < 1.29 is 14.3 Å². The Kier molecular flexibility index (Phi) is 10.3. The molecular formula is C28H42ClN5O4. The Morgan fingerprint density at radius 2 is 1.95 bits per heavy atom. The van der Waals surface area contributed by atoms with Crippen molar-refractivity contribution in [3.63, 3.8) is 0 Å². The number of piperazine rings is 1. The zero-order chi connectivity index (χ0) is 25.2. The number of unbranched alkanes of at least 4 members (excludes halogenated alkanes) is 1. The van der Waals surface area contributed by atoms with Gasteiger partial charge in [-0.25, -0.2) is 0 Å². The Hall–Kier alpha value is -2.46. The second-order valence-electron chi connectivity index (χ2n) is 10.2. The Bertz CT molecular complexity index is 1300. The number of hydrogen-bond acceptors (Lipinski definition) is 6. The summed E-state index contributed by atoms with van der Waals surface area (Å²) in [6.07, 6.45) is 5.53. The molecule has 2 aliphatic rings. The third-order valence-electron chi connectivity index (χ3n) is 7.72. The van der Waals surface area contributed by atoms with Crippen molar-refractivity contribution in [1.29, 1.82) is 0 Å². The summed E-state index contributed by atoms with van der Waals surface area (Å²) in [5.41, 5.74) is 2.96. The van der Waals surface area contributed by atoms with Crippen molar-refractivity contribution in [3.05, 3.63) is 39.8 Å². The number of ether oxygens (including phenoxy) is 2. The monoisotopic (exact) mass is 547 g/mol. The molecule has 0 radical (unpaired) electrons. The molecule has 10 heteroatoms. The van der Waals surface area contributed by atoms with Crippen LogP contribution in [-0.2, 0) is 9.47 Å². The molecule has 0 spiro atoms. The number of H-pyrrole nitrogens is 1. The van der Waals surface area contributed by atoms with E-state index in [0.717, 1.165) is 73.9 Å². The molecule has 2 aliphatic heterocycles. The number of rotatable bonds is 7. The van der Waals surface area contributed by atoms with E-state index in [1.165, 1.54) is 0 Å². The van der Waals surface area contributed by atoms with Gasteiger partial charge in [-0.2, -0.15) is 5.10 Å². The van der Waals surface area contributed by atoms with Crippen LogP contribution in [0.25, 0.3) is 21.8 Å². The smallest absolute Gasteiger partial charge is 0.259 e. The van der Waals surface area contributed by atoms with Gasteiger partial charge in [0, 0.05) is 63.6 Å². The van der Waals surface area contributed by atoms with E-state index in [-0.39, 0.29) is 43.4 Å². The van der Waals surface area contributed by atoms with E-state index in [4.69, 9.17) is 9.47 Å². The van der Waals surface area contributed by atoms with Gasteiger partial charge in [-0.1, -0.05) is 7.43 Å². The first-order chi connectivity index (χ1) is 17.5. The summed E-state index contributed by atoms with van der Waals surface area (Å²) in [6, 6.07) is 4.21. The maximum atomic E-state index is 13.8. The Morgan fingerprint density at radius 1 is 1.18 bits per heavy atom. The Morgan fingerprint density at radius 3 is 2.66 bits per heavy atom. The van der Waals surface area contributed by atoms with Crippen LogP contribution in [-0.4, -0.2) is 89.6 Å². The van der Waals surface area contributed by atoms with Gasteiger partial charge in [0.05, 0.1) is 28.7 Å². The molecule has 38 heavy (non-hydrogen) atoms. The fourth-order valence-electron chi connectivity index (χ4n) is 5.71. The molecule has 3 aromatic rings. The van der Waals surface area contributed by atoms with Crippen molar-refractivity contribution in [3.8, 4) is 0 Å². The molecule has 2 saturated heterocycles. The third-order valence-corrected chi connectivity index (χ3v) is 7.72. The highest BCUT2D eigenvalue weighted by molar-refractivity contribution is 6.07. The molecule has 9 nitrogen and oxygen atoms in total. The summed E-state index contributed by atoms with van der Waals surface area (Å²) in [4.78, 5) is 34.1. The van der Waals surface area contributed by atoms with Crippen LogP contribution in [0.1, 0.15) is 62.0 Å². The van der Waals surface area contributed by atoms with Crippen molar-refractivity contribution in [2.24, 2.45) is 0 Å². The maximum absolute atomic E-state index is 13.8. The molecule has 210 valence electrons. The molecule has 5 rings (SSSR count). The normalized spacial score (nSPS) is 18.9. The van der Waals surface area contributed by atoms with Crippen molar-refractivity contribution >= 4 is 40.1 Å². The molecular weight excluding hydrogens is 506 g/mol. The van der Waals surface area contributed by atoms with Gasteiger partial charge in [0.15, 0.2) is 0 Å². The molecule has 1 aromatic carbocycles. The van der Waals surface area contributed by atoms with Gasteiger partial charge in [0.1, 0.15) is 0 Å². The molecule has 2 aromatic heterocycles. The van der Waals surface area contributed by atoms with E-state index in [9.17, 15) is 9.59 Å². The molecule has 0 bridgehead atoms. The number of nitrogens with one attached hydrogen (secondary N) is 1. The summed E-state index contributed by atoms with van der Waals surface area (Å²) in [5, 5.41) is 6.03. The van der Waals surface area contributed by atoms with Crippen LogP contribution in [0.2, 0.25) is 0 Å². The Labute approximate surface area is 230 Å². The molecule has 1 amide bonds. The maximum Gasteiger partial charge on any atom is 0.259 e. The van der Waals surface area contributed by atoms with Crippen LogP contribution < -0.4 is 5.56 Å². The zero-order valence-corrected chi connectivity index (χ0v) is 22.8. The van der Waals surface area contributed by atoms with Gasteiger partial charge < -0.3 is 19.4 Å². The van der Waals surface area contributed by atoms with Gasteiger partial charge in [0.2, 0.25) is 0 Å². The largest absolute Gasteiger partial charge is 0.385 e. The molecule has 1 N–H and O–H groups in total. The van der Waals surface area contributed by atoms with Gasteiger partial charge in [-0.05, 0) is 63.8 Å². The number of halogens is 1. The molecule has 0 unspecified atom stereocenters. The number of nitrogens with zero attached hydrogens (tertiary/aromatic N) is 4. The minimum absolute atomic E-state index is 0. The van der Waals surface area contributed by atoms with Crippen LogP contribution in [0.3, 0.4) is 0 Å². The topological polar surface area (TPSA) is 92.7 Å². The van der Waals surface area contributed by atoms with Crippen LogP contribution in [0.5, 0.6) is 0 Å². The highest BCUT2D eigenvalue weighted by Gasteiger charge is 2.29. The van der Waals surface area contributed by atoms with Crippen LogP contribution in [0.15, 0.2) is 23.1 Å². The lowest BCUT2D eigenvalue weighted by molar-refractivity contribution is 0.0482. The summed E-state index contributed by atoms with van der Waals surface area (Å²) < 4.78 is 12.7. The number of aromatic amines is 1. The number of benzene rings is 1. The van der Waals surface area contributed by atoms with Crippen LogP contribution >= 0.6 is 12.4 Å². The van der Waals surface area contributed by atoms with Gasteiger partial charge in [0.25, 0.3) is 11.5 Å². The second kappa shape index (κ2) is 13.1. The zero-order valence-electron chi connectivity index (χ0n) is 22.0. The number of pyridine rings is 1. The number of carbonyl (C=O) groups is 1. The van der Waals surface area contributed by atoms with Crippen molar-refractivity contribution in [1.82, 2.24) is 24.6 Å². The number of hydrogen-bond donors (Lipinski definition) is 1.